The van der Waals surface area contributed by atoms with Crippen molar-refractivity contribution in [3.63, 3.8) is 0 Å². The first-order valence-corrected chi connectivity index (χ1v) is 5.79. The fraction of sp³-hybridized carbons (Fsp3) is 0.308. The molecule has 0 fully saturated rings. The number of rotatable bonds is 5. The lowest BCUT2D eigenvalue weighted by molar-refractivity contribution is -0.384. The van der Waals surface area contributed by atoms with Gasteiger partial charge in [-0.1, -0.05) is 23.4 Å². The number of non-ortho nitro benzene ring substituents is 1. The van der Waals surface area contributed by atoms with Crippen molar-refractivity contribution in [3.05, 3.63) is 52.6 Å². The summed E-state index contributed by atoms with van der Waals surface area (Å²) in [4.78, 5) is 15.6. The van der Waals surface area contributed by atoms with Crippen LogP contribution in [0.25, 0.3) is 0 Å². The van der Waals surface area contributed by atoms with Crippen molar-refractivity contribution < 1.29 is 9.76 Å². The Morgan fingerprint density at radius 2 is 2.44 bits per heavy atom. The zero-order valence-corrected chi connectivity index (χ0v) is 9.91. The van der Waals surface area contributed by atoms with Gasteiger partial charge in [0.1, 0.15) is 6.10 Å². The van der Waals surface area contributed by atoms with Gasteiger partial charge in [-0.2, -0.15) is 0 Å². The van der Waals surface area contributed by atoms with E-state index in [0.29, 0.717) is 6.42 Å². The Balaban J connectivity index is 2.07. The highest BCUT2D eigenvalue weighted by molar-refractivity contribution is 6.01. The van der Waals surface area contributed by atoms with Crippen molar-refractivity contribution in [2.45, 2.75) is 25.4 Å². The number of nitro benzene ring substituents is 1. The van der Waals surface area contributed by atoms with E-state index < -0.39 is 4.92 Å². The van der Waals surface area contributed by atoms with Crippen molar-refractivity contribution >= 4 is 11.4 Å². The molecule has 18 heavy (non-hydrogen) atoms. The van der Waals surface area contributed by atoms with Crippen molar-refractivity contribution in [1.29, 1.82) is 0 Å². The molecule has 1 unspecified atom stereocenters. The van der Waals surface area contributed by atoms with Gasteiger partial charge in [-0.25, -0.2) is 0 Å². The Labute approximate surface area is 105 Å². The van der Waals surface area contributed by atoms with E-state index in [1.54, 1.807) is 6.07 Å². The van der Waals surface area contributed by atoms with Crippen molar-refractivity contribution in [2.24, 2.45) is 5.16 Å². The predicted octanol–water partition coefficient (Wildman–Crippen LogP) is 3.05. The average molecular weight is 246 g/mol. The van der Waals surface area contributed by atoms with Gasteiger partial charge < -0.3 is 4.84 Å². The second kappa shape index (κ2) is 5.44. The molecule has 1 aliphatic rings. The highest BCUT2D eigenvalue weighted by Crippen LogP contribution is 2.22. The van der Waals surface area contributed by atoms with Crippen LogP contribution in [0.1, 0.15) is 24.8 Å². The minimum atomic E-state index is -0.408. The summed E-state index contributed by atoms with van der Waals surface area (Å²) in [5.74, 6) is 0. The molecule has 1 heterocycles. The van der Waals surface area contributed by atoms with E-state index in [9.17, 15) is 10.1 Å². The molecule has 0 aliphatic carbocycles. The van der Waals surface area contributed by atoms with Gasteiger partial charge in [-0.15, -0.1) is 6.58 Å². The van der Waals surface area contributed by atoms with E-state index >= 15 is 0 Å². The van der Waals surface area contributed by atoms with Crippen molar-refractivity contribution in [2.75, 3.05) is 0 Å². The lowest BCUT2D eigenvalue weighted by atomic mass is 10.0. The van der Waals surface area contributed by atoms with Gasteiger partial charge >= 0.3 is 0 Å². The molecule has 0 N–H and O–H groups in total. The third kappa shape index (κ3) is 2.74. The standard InChI is InChI=1S/C13H14N2O3/c1-2-3-7-12-9-13(14-18-12)10-5-4-6-11(8-10)15(16)17/h2,4-6,8,12H,1,3,7,9H2. The number of nitrogens with zero attached hydrogens (tertiary/aromatic N) is 2. The molecule has 2 rings (SSSR count). The molecule has 0 bridgehead atoms. The van der Waals surface area contributed by atoms with Crippen LogP contribution in [-0.2, 0) is 4.84 Å². The van der Waals surface area contributed by atoms with Gasteiger partial charge in [0.15, 0.2) is 0 Å². The smallest absolute Gasteiger partial charge is 0.270 e. The summed E-state index contributed by atoms with van der Waals surface area (Å²) < 4.78 is 0. The number of nitro groups is 1. The number of hydrogen-bond acceptors (Lipinski definition) is 4. The molecular formula is C13H14N2O3. The second-order valence-electron chi connectivity index (χ2n) is 4.14. The molecule has 0 saturated carbocycles. The maximum Gasteiger partial charge on any atom is 0.270 e. The van der Waals surface area contributed by atoms with Crippen LogP contribution in [-0.4, -0.2) is 16.7 Å². The summed E-state index contributed by atoms with van der Waals surface area (Å²) in [5, 5.41) is 14.7. The van der Waals surface area contributed by atoms with Gasteiger partial charge in [-0.05, 0) is 12.8 Å². The molecule has 0 radical (unpaired) electrons. The minimum Gasteiger partial charge on any atom is -0.392 e. The number of benzene rings is 1. The van der Waals surface area contributed by atoms with Gasteiger partial charge in [-0.3, -0.25) is 10.1 Å². The first-order chi connectivity index (χ1) is 8.70. The van der Waals surface area contributed by atoms with Crippen LogP contribution in [0.3, 0.4) is 0 Å². The van der Waals surface area contributed by atoms with E-state index in [4.69, 9.17) is 4.84 Å². The fourth-order valence-corrected chi connectivity index (χ4v) is 1.86. The third-order valence-corrected chi connectivity index (χ3v) is 2.82. The second-order valence-corrected chi connectivity index (χ2v) is 4.14. The monoisotopic (exact) mass is 246 g/mol. The summed E-state index contributed by atoms with van der Waals surface area (Å²) >= 11 is 0. The zero-order valence-electron chi connectivity index (χ0n) is 9.91. The first kappa shape index (κ1) is 12.3. The van der Waals surface area contributed by atoms with E-state index in [0.717, 1.165) is 24.1 Å². The van der Waals surface area contributed by atoms with Crippen LogP contribution < -0.4 is 0 Å². The molecule has 0 aromatic heterocycles. The molecule has 5 heteroatoms. The maximum atomic E-state index is 10.7. The molecule has 0 spiro atoms. The quantitative estimate of drug-likeness (QED) is 0.455. The topological polar surface area (TPSA) is 64.7 Å². The van der Waals surface area contributed by atoms with Crippen LogP contribution in [0.5, 0.6) is 0 Å². The Kier molecular flexibility index (Phi) is 3.72. The van der Waals surface area contributed by atoms with Crippen LogP contribution in [0.15, 0.2) is 42.1 Å². The zero-order chi connectivity index (χ0) is 13.0. The molecule has 1 atom stereocenters. The lowest BCUT2D eigenvalue weighted by Crippen LogP contribution is -2.08. The van der Waals surface area contributed by atoms with E-state index in [1.165, 1.54) is 12.1 Å². The van der Waals surface area contributed by atoms with E-state index in [-0.39, 0.29) is 11.8 Å². The summed E-state index contributed by atoms with van der Waals surface area (Å²) in [6, 6.07) is 6.46. The molecule has 1 aromatic carbocycles. The number of oxime groups is 1. The highest BCUT2D eigenvalue weighted by atomic mass is 16.6. The van der Waals surface area contributed by atoms with Gasteiger partial charge in [0.2, 0.25) is 0 Å². The Bertz CT molecular complexity index is 497. The van der Waals surface area contributed by atoms with Crippen LogP contribution in [0.4, 0.5) is 5.69 Å². The molecule has 94 valence electrons. The number of hydrogen-bond donors (Lipinski definition) is 0. The molecule has 0 saturated heterocycles. The predicted molar refractivity (Wildman–Crippen MR) is 68.6 cm³/mol. The molecule has 5 nitrogen and oxygen atoms in total. The van der Waals surface area contributed by atoms with Crippen LogP contribution in [0.2, 0.25) is 0 Å². The first-order valence-electron chi connectivity index (χ1n) is 5.79. The molecular weight excluding hydrogens is 232 g/mol. The summed E-state index contributed by atoms with van der Waals surface area (Å²) in [5.41, 5.74) is 1.60. The molecule has 1 aromatic rings. The number of allylic oxidation sites excluding steroid dienone is 1. The van der Waals surface area contributed by atoms with Crippen molar-refractivity contribution in [3.8, 4) is 0 Å². The van der Waals surface area contributed by atoms with Crippen molar-refractivity contribution in [1.82, 2.24) is 0 Å². The Morgan fingerprint density at radius 3 is 3.17 bits per heavy atom. The largest absolute Gasteiger partial charge is 0.392 e. The Hall–Kier alpha value is -2.17. The van der Waals surface area contributed by atoms with Gasteiger partial charge in [0.25, 0.3) is 5.69 Å². The normalized spacial score (nSPS) is 18.0. The van der Waals surface area contributed by atoms with E-state index in [2.05, 4.69) is 11.7 Å². The Morgan fingerprint density at radius 1 is 1.61 bits per heavy atom. The summed E-state index contributed by atoms with van der Waals surface area (Å²) in [6.07, 6.45) is 4.33. The lowest BCUT2D eigenvalue weighted by Gasteiger charge is -2.04. The van der Waals surface area contributed by atoms with Gasteiger partial charge in [0, 0.05) is 24.1 Å². The summed E-state index contributed by atoms with van der Waals surface area (Å²) in [7, 11) is 0. The average Bonchev–Trinajstić information content (AvgIpc) is 2.85. The minimum absolute atomic E-state index is 0.0530. The highest BCUT2D eigenvalue weighted by Gasteiger charge is 2.22. The SMILES string of the molecule is C=CCCC1CC(c2cccc([N+](=O)[O-])c2)=NO1. The van der Waals surface area contributed by atoms with Crippen LogP contribution >= 0.6 is 0 Å². The van der Waals surface area contributed by atoms with Crippen LogP contribution in [0, 0.1) is 10.1 Å². The van der Waals surface area contributed by atoms with E-state index in [1.807, 2.05) is 12.1 Å². The maximum absolute atomic E-state index is 10.7. The molecule has 0 amide bonds. The third-order valence-electron chi connectivity index (χ3n) is 2.82. The fourth-order valence-electron chi connectivity index (χ4n) is 1.86. The summed E-state index contributed by atoms with van der Waals surface area (Å²) in [6.45, 7) is 3.66. The molecule has 1 aliphatic heterocycles. The van der Waals surface area contributed by atoms with Gasteiger partial charge in [0.05, 0.1) is 10.6 Å².